The fourth-order valence-corrected chi connectivity index (χ4v) is 2.40. The minimum absolute atomic E-state index is 0.309. The number of carbonyl (C=O) groups excluding carboxylic acids is 1. The van der Waals surface area contributed by atoms with Gasteiger partial charge in [0, 0.05) is 12.2 Å². The van der Waals surface area contributed by atoms with E-state index in [9.17, 15) is 9.59 Å². The number of nitrogens with two attached hydrogens (primary N) is 1. The Hall–Kier alpha value is -1.88. The number of hydrogen-bond donors (Lipinski definition) is 2. The first-order valence-electron chi connectivity index (χ1n) is 6.46. The highest BCUT2D eigenvalue weighted by Gasteiger charge is 2.26. The predicted octanol–water partition coefficient (Wildman–Crippen LogP) is 1.16. The van der Waals surface area contributed by atoms with E-state index in [1.165, 1.54) is 0 Å². The average Bonchev–Trinajstić information content (AvgIpc) is 2.59. The van der Waals surface area contributed by atoms with Crippen molar-refractivity contribution in [2.75, 3.05) is 11.4 Å². The molecule has 0 spiro atoms. The maximum Gasteiger partial charge on any atom is 0.305 e. The molecule has 1 aliphatic rings. The second-order valence-electron chi connectivity index (χ2n) is 4.78. The number of fused-ring (bicyclic) bond motifs is 1. The Morgan fingerprint density at radius 3 is 2.79 bits per heavy atom. The van der Waals surface area contributed by atoms with Gasteiger partial charge in [-0.05, 0) is 30.9 Å². The highest BCUT2D eigenvalue weighted by atomic mass is 16.4. The third kappa shape index (κ3) is 3.12. The van der Waals surface area contributed by atoms with Crippen molar-refractivity contribution in [3.8, 4) is 0 Å². The molecular formula is C14H18N2O3. The van der Waals surface area contributed by atoms with Crippen LogP contribution in [0.1, 0.15) is 24.8 Å². The topological polar surface area (TPSA) is 83.6 Å². The van der Waals surface area contributed by atoms with E-state index in [2.05, 4.69) is 0 Å². The largest absolute Gasteiger partial charge is 0.481 e. The molecule has 0 saturated heterocycles. The van der Waals surface area contributed by atoms with E-state index in [0.29, 0.717) is 6.54 Å². The van der Waals surface area contributed by atoms with Crippen LogP contribution >= 0.6 is 0 Å². The molecule has 1 heterocycles. The molecule has 0 fully saturated rings. The van der Waals surface area contributed by atoms with Crippen LogP contribution in [-0.2, 0) is 16.0 Å². The van der Waals surface area contributed by atoms with Gasteiger partial charge in [-0.1, -0.05) is 18.2 Å². The third-order valence-corrected chi connectivity index (χ3v) is 3.34. The second kappa shape index (κ2) is 5.84. The van der Waals surface area contributed by atoms with Crippen LogP contribution in [-0.4, -0.2) is 29.6 Å². The molecule has 0 bridgehead atoms. The van der Waals surface area contributed by atoms with Gasteiger partial charge in [0.1, 0.15) is 0 Å². The van der Waals surface area contributed by atoms with Crippen molar-refractivity contribution >= 4 is 17.6 Å². The van der Waals surface area contributed by atoms with Gasteiger partial charge in [-0.2, -0.15) is 0 Å². The number of aliphatic carboxylic acids is 1. The molecule has 0 aliphatic carbocycles. The number of nitrogens with zero attached hydrogens (tertiary/aromatic N) is 1. The van der Waals surface area contributed by atoms with Crippen molar-refractivity contribution in [2.24, 2.45) is 5.73 Å². The predicted molar refractivity (Wildman–Crippen MR) is 72.0 cm³/mol. The summed E-state index contributed by atoms with van der Waals surface area (Å²) in [5.74, 6) is -1.36. The Kier molecular flexibility index (Phi) is 4.16. The molecule has 5 heteroatoms. The molecule has 1 atom stereocenters. The quantitative estimate of drug-likeness (QED) is 0.856. The standard InChI is InChI=1S/C14H18N2O3/c15-11(9-13(17)18)14(19)16-8-4-3-6-10-5-1-2-7-12(10)16/h1-2,5,7,11H,3-4,6,8-9,15H2,(H,17,18). The summed E-state index contributed by atoms with van der Waals surface area (Å²) in [6.07, 6.45) is 2.53. The molecule has 19 heavy (non-hydrogen) atoms. The number of rotatable bonds is 3. The number of benzene rings is 1. The Balaban J connectivity index is 2.24. The van der Waals surface area contributed by atoms with Gasteiger partial charge in [0.25, 0.3) is 0 Å². The Labute approximate surface area is 112 Å². The number of aryl methyl sites for hydroxylation is 1. The van der Waals surface area contributed by atoms with Gasteiger partial charge in [0.15, 0.2) is 0 Å². The van der Waals surface area contributed by atoms with E-state index in [1.807, 2.05) is 24.3 Å². The van der Waals surface area contributed by atoms with Crippen LogP contribution in [0.15, 0.2) is 24.3 Å². The minimum atomic E-state index is -1.05. The zero-order chi connectivity index (χ0) is 13.8. The van der Waals surface area contributed by atoms with Crippen molar-refractivity contribution < 1.29 is 14.7 Å². The molecule has 2 rings (SSSR count). The van der Waals surface area contributed by atoms with Gasteiger partial charge in [-0.25, -0.2) is 0 Å². The fraction of sp³-hybridized carbons (Fsp3) is 0.429. The average molecular weight is 262 g/mol. The minimum Gasteiger partial charge on any atom is -0.481 e. The molecule has 1 unspecified atom stereocenters. The zero-order valence-corrected chi connectivity index (χ0v) is 10.7. The Morgan fingerprint density at radius 1 is 1.32 bits per heavy atom. The summed E-state index contributed by atoms with van der Waals surface area (Å²) in [5.41, 5.74) is 7.67. The maximum atomic E-state index is 12.3. The first kappa shape index (κ1) is 13.5. The molecule has 0 radical (unpaired) electrons. The van der Waals surface area contributed by atoms with Crippen LogP contribution in [0.2, 0.25) is 0 Å². The molecule has 102 valence electrons. The van der Waals surface area contributed by atoms with Gasteiger partial charge in [-0.15, -0.1) is 0 Å². The van der Waals surface area contributed by atoms with Crippen molar-refractivity contribution in [3.05, 3.63) is 29.8 Å². The van der Waals surface area contributed by atoms with Gasteiger partial charge in [-0.3, -0.25) is 9.59 Å². The Morgan fingerprint density at radius 2 is 2.05 bits per heavy atom. The fourth-order valence-electron chi connectivity index (χ4n) is 2.40. The summed E-state index contributed by atoms with van der Waals surface area (Å²) in [5, 5.41) is 8.73. The molecule has 3 N–H and O–H groups in total. The van der Waals surface area contributed by atoms with Crippen molar-refractivity contribution in [3.63, 3.8) is 0 Å². The zero-order valence-electron chi connectivity index (χ0n) is 10.7. The number of carbonyl (C=O) groups is 2. The summed E-state index contributed by atoms with van der Waals surface area (Å²) in [7, 11) is 0. The molecule has 5 nitrogen and oxygen atoms in total. The Bertz CT molecular complexity index is 487. The SMILES string of the molecule is NC(CC(=O)O)C(=O)N1CCCCc2ccccc21. The lowest BCUT2D eigenvalue weighted by atomic mass is 10.1. The van der Waals surface area contributed by atoms with Crippen LogP contribution in [0.4, 0.5) is 5.69 Å². The number of carboxylic acids is 1. The summed E-state index contributed by atoms with van der Waals surface area (Å²) in [6, 6.07) is 6.75. The van der Waals surface area contributed by atoms with E-state index in [1.54, 1.807) is 4.90 Å². The number of carboxylic acid groups (broad SMARTS) is 1. The van der Waals surface area contributed by atoms with Crippen LogP contribution < -0.4 is 10.6 Å². The van der Waals surface area contributed by atoms with Crippen LogP contribution in [0, 0.1) is 0 Å². The second-order valence-corrected chi connectivity index (χ2v) is 4.78. The molecule has 0 saturated carbocycles. The van der Waals surface area contributed by atoms with Gasteiger partial charge >= 0.3 is 5.97 Å². The lowest BCUT2D eigenvalue weighted by Gasteiger charge is -2.25. The first-order chi connectivity index (χ1) is 9.09. The van der Waals surface area contributed by atoms with Crippen LogP contribution in [0.25, 0.3) is 0 Å². The lowest BCUT2D eigenvalue weighted by Crippen LogP contribution is -2.45. The molecule has 1 amide bonds. The van der Waals surface area contributed by atoms with Crippen molar-refractivity contribution in [1.82, 2.24) is 0 Å². The number of amides is 1. The van der Waals surface area contributed by atoms with E-state index < -0.39 is 12.0 Å². The normalized spacial score (nSPS) is 16.4. The number of hydrogen-bond acceptors (Lipinski definition) is 3. The van der Waals surface area contributed by atoms with E-state index >= 15 is 0 Å². The summed E-state index contributed by atoms with van der Waals surface area (Å²) < 4.78 is 0. The van der Waals surface area contributed by atoms with Gasteiger partial charge in [0.2, 0.25) is 5.91 Å². The molecule has 1 aromatic rings. The smallest absolute Gasteiger partial charge is 0.305 e. The van der Waals surface area contributed by atoms with E-state index in [0.717, 1.165) is 30.5 Å². The first-order valence-corrected chi connectivity index (χ1v) is 6.46. The van der Waals surface area contributed by atoms with E-state index in [-0.39, 0.29) is 12.3 Å². The molecule has 1 aliphatic heterocycles. The maximum absolute atomic E-state index is 12.3. The monoisotopic (exact) mass is 262 g/mol. The molecular weight excluding hydrogens is 244 g/mol. The number of para-hydroxylation sites is 1. The summed E-state index contributed by atoms with van der Waals surface area (Å²) >= 11 is 0. The summed E-state index contributed by atoms with van der Waals surface area (Å²) in [6.45, 7) is 0.600. The summed E-state index contributed by atoms with van der Waals surface area (Å²) in [4.78, 5) is 24.6. The van der Waals surface area contributed by atoms with Crippen LogP contribution in [0.5, 0.6) is 0 Å². The van der Waals surface area contributed by atoms with E-state index in [4.69, 9.17) is 10.8 Å². The molecule has 1 aromatic carbocycles. The highest BCUT2D eigenvalue weighted by molar-refractivity contribution is 5.99. The van der Waals surface area contributed by atoms with Crippen molar-refractivity contribution in [2.45, 2.75) is 31.7 Å². The molecule has 0 aromatic heterocycles. The van der Waals surface area contributed by atoms with Crippen molar-refractivity contribution in [1.29, 1.82) is 0 Å². The van der Waals surface area contributed by atoms with Gasteiger partial charge < -0.3 is 15.7 Å². The van der Waals surface area contributed by atoms with Gasteiger partial charge in [0.05, 0.1) is 12.5 Å². The van der Waals surface area contributed by atoms with Crippen LogP contribution in [0.3, 0.4) is 0 Å². The number of anilines is 1. The highest BCUT2D eigenvalue weighted by Crippen LogP contribution is 2.26. The lowest BCUT2D eigenvalue weighted by molar-refractivity contribution is -0.139. The third-order valence-electron chi connectivity index (χ3n) is 3.34.